The third-order valence-corrected chi connectivity index (χ3v) is 5.16. The molecular formula is C22H23ClFN5O4. The van der Waals surface area contributed by atoms with Gasteiger partial charge in [0.15, 0.2) is 5.69 Å². The number of ether oxygens (including phenoxy) is 1. The number of carbonyl (C=O) groups is 1. The Hall–Kier alpha value is -3.63. The minimum atomic E-state index is -0.800. The first-order valence-electron chi connectivity index (χ1n) is 9.96. The first kappa shape index (κ1) is 24.0. The molecule has 3 aromatic rings. The van der Waals surface area contributed by atoms with Crippen molar-refractivity contribution in [2.24, 2.45) is 0 Å². The normalized spacial score (nSPS) is 10.8. The highest BCUT2D eigenvalue weighted by molar-refractivity contribution is 6.33. The number of nitrogens with zero attached hydrogens (tertiary/aromatic N) is 2. The van der Waals surface area contributed by atoms with Gasteiger partial charge in [-0.15, -0.1) is 0 Å². The summed E-state index contributed by atoms with van der Waals surface area (Å²) in [5.41, 5.74) is 5.68. The highest BCUT2D eigenvalue weighted by atomic mass is 35.5. The van der Waals surface area contributed by atoms with Crippen molar-refractivity contribution in [3.8, 4) is 0 Å². The summed E-state index contributed by atoms with van der Waals surface area (Å²) in [7, 11) is 1.45. The van der Waals surface area contributed by atoms with Gasteiger partial charge in [0.2, 0.25) is 5.91 Å². The number of H-pyrrole nitrogens is 1. The fourth-order valence-corrected chi connectivity index (χ4v) is 3.44. The van der Waals surface area contributed by atoms with Gasteiger partial charge in [-0.3, -0.25) is 19.1 Å². The van der Waals surface area contributed by atoms with E-state index in [1.54, 1.807) is 12.1 Å². The van der Waals surface area contributed by atoms with E-state index < -0.39 is 23.0 Å². The molecule has 0 radical (unpaired) electrons. The number of amides is 1. The molecule has 0 spiro atoms. The maximum Gasteiger partial charge on any atom is 0.330 e. The summed E-state index contributed by atoms with van der Waals surface area (Å²) < 4.78 is 19.5. The van der Waals surface area contributed by atoms with E-state index in [1.165, 1.54) is 23.8 Å². The van der Waals surface area contributed by atoms with E-state index in [0.717, 1.165) is 16.5 Å². The minimum absolute atomic E-state index is 0.00494. The maximum absolute atomic E-state index is 13.3. The van der Waals surface area contributed by atoms with Crippen molar-refractivity contribution in [2.45, 2.75) is 6.54 Å². The van der Waals surface area contributed by atoms with Gasteiger partial charge in [-0.2, -0.15) is 0 Å². The summed E-state index contributed by atoms with van der Waals surface area (Å²) in [6.07, 6.45) is 0. The molecule has 1 amide bonds. The van der Waals surface area contributed by atoms with Crippen molar-refractivity contribution in [1.29, 1.82) is 0 Å². The fraction of sp³-hybridized carbons (Fsp3) is 0.227. The lowest BCUT2D eigenvalue weighted by atomic mass is 10.2. The summed E-state index contributed by atoms with van der Waals surface area (Å²) in [4.78, 5) is 41.5. The molecule has 174 valence electrons. The third-order valence-electron chi connectivity index (χ3n) is 4.85. The van der Waals surface area contributed by atoms with Crippen molar-refractivity contribution in [2.75, 3.05) is 42.8 Å². The molecule has 9 nitrogen and oxygen atoms in total. The van der Waals surface area contributed by atoms with Gasteiger partial charge in [0, 0.05) is 13.7 Å². The SMILES string of the molecule is COCCN(C(=O)CNc1ccc(F)cc1Cl)c1c(N)n(Cc2ccccc2)c(=O)[nH]c1=O. The Bertz CT molecular complexity index is 1250. The number of benzene rings is 2. The van der Waals surface area contributed by atoms with Crippen molar-refractivity contribution >= 4 is 34.7 Å². The van der Waals surface area contributed by atoms with Crippen LogP contribution in [0.1, 0.15) is 5.56 Å². The van der Waals surface area contributed by atoms with Gasteiger partial charge in [0.1, 0.15) is 11.6 Å². The second-order valence-electron chi connectivity index (χ2n) is 7.08. The van der Waals surface area contributed by atoms with E-state index in [2.05, 4.69) is 10.3 Å². The van der Waals surface area contributed by atoms with Crippen LogP contribution in [0.25, 0.3) is 0 Å². The molecule has 11 heteroatoms. The molecule has 0 aliphatic carbocycles. The van der Waals surface area contributed by atoms with Crippen LogP contribution in [0.4, 0.5) is 21.6 Å². The molecule has 0 aliphatic rings. The first-order chi connectivity index (χ1) is 15.8. The van der Waals surface area contributed by atoms with E-state index in [0.29, 0.717) is 5.69 Å². The van der Waals surface area contributed by atoms with Gasteiger partial charge < -0.3 is 20.7 Å². The van der Waals surface area contributed by atoms with Crippen LogP contribution in [-0.4, -0.2) is 42.3 Å². The van der Waals surface area contributed by atoms with E-state index >= 15 is 0 Å². The van der Waals surface area contributed by atoms with E-state index in [9.17, 15) is 18.8 Å². The summed E-state index contributed by atoms with van der Waals surface area (Å²) in [6.45, 7) is -0.0541. The number of nitrogen functional groups attached to an aromatic ring is 1. The molecule has 33 heavy (non-hydrogen) atoms. The highest BCUT2D eigenvalue weighted by Gasteiger charge is 2.24. The molecular weight excluding hydrogens is 453 g/mol. The Balaban J connectivity index is 1.93. The Labute approximate surface area is 193 Å². The smallest absolute Gasteiger partial charge is 0.330 e. The topological polar surface area (TPSA) is 122 Å². The number of hydrogen-bond donors (Lipinski definition) is 3. The number of methoxy groups -OCH3 is 1. The summed E-state index contributed by atoms with van der Waals surface area (Å²) in [5.74, 6) is -1.20. The van der Waals surface area contributed by atoms with Gasteiger partial charge in [-0.05, 0) is 23.8 Å². The molecule has 0 aliphatic heterocycles. The van der Waals surface area contributed by atoms with Crippen molar-refractivity contribution in [1.82, 2.24) is 9.55 Å². The Kier molecular flexibility index (Phi) is 7.86. The van der Waals surface area contributed by atoms with Crippen LogP contribution in [0, 0.1) is 5.82 Å². The molecule has 4 N–H and O–H groups in total. The average Bonchev–Trinajstić information content (AvgIpc) is 2.78. The van der Waals surface area contributed by atoms with Crippen LogP contribution in [0.2, 0.25) is 5.02 Å². The molecule has 0 bridgehead atoms. The number of aromatic amines is 1. The molecule has 0 unspecified atom stereocenters. The Morgan fingerprint density at radius 1 is 1.24 bits per heavy atom. The number of nitrogens with two attached hydrogens (primary N) is 1. The summed E-state index contributed by atoms with van der Waals surface area (Å²) in [5, 5.41) is 2.92. The Morgan fingerprint density at radius 2 is 1.97 bits per heavy atom. The fourth-order valence-electron chi connectivity index (χ4n) is 3.20. The second-order valence-corrected chi connectivity index (χ2v) is 7.49. The third kappa shape index (κ3) is 5.79. The summed E-state index contributed by atoms with van der Waals surface area (Å²) >= 11 is 6.00. The highest BCUT2D eigenvalue weighted by Crippen LogP contribution is 2.23. The first-order valence-corrected chi connectivity index (χ1v) is 10.3. The zero-order chi connectivity index (χ0) is 24.0. The quantitative estimate of drug-likeness (QED) is 0.435. The van der Waals surface area contributed by atoms with Crippen LogP contribution in [0.5, 0.6) is 0 Å². The number of hydrogen-bond acceptors (Lipinski definition) is 6. The largest absolute Gasteiger partial charge is 0.383 e. The zero-order valence-electron chi connectivity index (χ0n) is 17.8. The van der Waals surface area contributed by atoms with Gasteiger partial charge in [-0.25, -0.2) is 9.18 Å². The van der Waals surface area contributed by atoms with E-state index in [-0.39, 0.29) is 42.8 Å². The number of aromatic nitrogens is 2. The maximum atomic E-state index is 13.3. The standard InChI is InChI=1S/C22H23ClFN5O4/c1-33-10-9-28(18(30)12-26-17-8-7-15(24)11-16(17)23)19-20(25)29(22(32)27-21(19)31)13-14-5-3-2-4-6-14/h2-8,11,26H,9-10,12-13,25H2,1H3,(H,27,31,32). The van der Waals surface area contributed by atoms with Crippen LogP contribution < -0.4 is 27.2 Å². The van der Waals surface area contributed by atoms with Crippen molar-refractivity contribution in [3.05, 3.63) is 85.8 Å². The van der Waals surface area contributed by atoms with E-state index in [1.807, 2.05) is 18.2 Å². The van der Waals surface area contributed by atoms with Crippen LogP contribution >= 0.6 is 11.6 Å². The van der Waals surface area contributed by atoms with Gasteiger partial charge >= 0.3 is 5.69 Å². The van der Waals surface area contributed by atoms with Crippen molar-refractivity contribution < 1.29 is 13.9 Å². The lowest BCUT2D eigenvalue weighted by molar-refractivity contribution is -0.117. The number of anilines is 3. The predicted octanol–water partition coefficient (Wildman–Crippen LogP) is 2.05. The molecule has 1 aromatic heterocycles. The second kappa shape index (κ2) is 10.8. The molecule has 1 heterocycles. The number of nitrogens with one attached hydrogen (secondary N) is 2. The Morgan fingerprint density at radius 3 is 2.64 bits per heavy atom. The van der Waals surface area contributed by atoms with Gasteiger partial charge in [0.25, 0.3) is 5.56 Å². The average molecular weight is 476 g/mol. The van der Waals surface area contributed by atoms with E-state index in [4.69, 9.17) is 22.1 Å². The summed E-state index contributed by atoms with van der Waals surface area (Å²) in [6, 6.07) is 12.8. The lowest BCUT2D eigenvalue weighted by Crippen LogP contribution is -2.44. The molecule has 2 aromatic carbocycles. The van der Waals surface area contributed by atoms with Gasteiger partial charge in [-0.1, -0.05) is 41.9 Å². The number of carbonyl (C=O) groups excluding carboxylic acids is 1. The minimum Gasteiger partial charge on any atom is -0.383 e. The van der Waals surface area contributed by atoms with Gasteiger partial charge in [0.05, 0.1) is 30.4 Å². The zero-order valence-corrected chi connectivity index (χ0v) is 18.6. The molecule has 3 rings (SSSR count). The molecule has 0 fully saturated rings. The van der Waals surface area contributed by atoms with Crippen molar-refractivity contribution in [3.63, 3.8) is 0 Å². The van der Waals surface area contributed by atoms with Crippen LogP contribution in [0.15, 0.2) is 58.1 Å². The molecule has 0 saturated carbocycles. The number of rotatable bonds is 9. The lowest BCUT2D eigenvalue weighted by Gasteiger charge is -2.24. The predicted molar refractivity (Wildman–Crippen MR) is 125 cm³/mol. The molecule has 0 saturated heterocycles. The molecule has 0 atom stereocenters. The monoisotopic (exact) mass is 475 g/mol. The number of halogens is 2. The van der Waals surface area contributed by atoms with Crippen LogP contribution in [-0.2, 0) is 16.1 Å². The van der Waals surface area contributed by atoms with Crippen LogP contribution in [0.3, 0.4) is 0 Å².